The Labute approximate surface area is 53.4 Å². The molecular weight excluding hydrogens is 179 g/mol. The van der Waals surface area contributed by atoms with Crippen molar-refractivity contribution < 1.29 is 52.8 Å². The van der Waals surface area contributed by atoms with E-state index in [0.717, 1.165) is 0 Å². The Morgan fingerprint density at radius 1 is 1.14 bits per heavy atom. The summed E-state index contributed by atoms with van der Waals surface area (Å²) in [6.45, 7) is 0. The molecular formula is H5ClCuO5. The van der Waals surface area contributed by atoms with Crippen molar-refractivity contribution in [3.05, 3.63) is 0 Å². The molecule has 0 aromatic rings. The molecule has 0 amide bonds. The fourth-order valence-electron chi connectivity index (χ4n) is 0. The fraction of sp³-hybridized carbons (Fsp3) is 0. The van der Waals surface area contributed by atoms with E-state index in [4.69, 9.17) is 14.0 Å². The van der Waals surface area contributed by atoms with E-state index in [-0.39, 0.29) is 28.0 Å². The summed E-state index contributed by atoms with van der Waals surface area (Å²) in [4.78, 5) is 0. The van der Waals surface area contributed by atoms with Crippen LogP contribution in [0.5, 0.6) is 0 Å². The van der Waals surface area contributed by atoms with Crippen LogP contribution in [0.25, 0.3) is 0 Å². The van der Waals surface area contributed by atoms with Crippen LogP contribution in [0.15, 0.2) is 0 Å². The Bertz CT molecular complexity index is 12.8. The molecule has 0 aliphatic carbocycles. The van der Waals surface area contributed by atoms with Crippen LogP contribution in [-0.4, -0.2) is 15.6 Å². The number of halogens is 1. The maximum absolute atomic E-state index is 8.52. The quantitative estimate of drug-likeness (QED) is 0.380. The van der Waals surface area contributed by atoms with Crippen LogP contribution in [0.1, 0.15) is 0 Å². The van der Waals surface area contributed by atoms with Gasteiger partial charge in [0.2, 0.25) is 0 Å². The van der Waals surface area contributed by atoms with Crippen LogP contribution >= 0.6 is 0 Å². The fourth-order valence-corrected chi connectivity index (χ4v) is 0. The van der Waals surface area contributed by atoms with Crippen molar-refractivity contribution in [3.8, 4) is 0 Å². The smallest absolute Gasteiger partial charge is 0.282 e. The van der Waals surface area contributed by atoms with Crippen LogP contribution < -0.4 is 9.32 Å². The van der Waals surface area contributed by atoms with Gasteiger partial charge in [0.15, 0.2) is 0 Å². The second-order valence-corrected chi connectivity index (χ2v) is 0.603. The third-order valence-corrected chi connectivity index (χ3v) is 0. The van der Waals surface area contributed by atoms with Crippen molar-refractivity contribution in [2.75, 3.05) is 0 Å². The summed E-state index contributed by atoms with van der Waals surface area (Å²) in [6, 6.07) is 0. The first-order chi connectivity index (χ1) is 1.73. The van der Waals surface area contributed by atoms with Crippen LogP contribution in [-0.2, 0) is 17.1 Å². The van der Waals surface area contributed by atoms with Gasteiger partial charge in [-0.3, -0.25) is 0 Å². The summed E-state index contributed by atoms with van der Waals surface area (Å²) in [5, 5.41) is 0. The molecule has 0 rings (SSSR count). The minimum absolute atomic E-state index is 0. The van der Waals surface area contributed by atoms with Gasteiger partial charge in [-0.1, -0.05) is 0 Å². The van der Waals surface area contributed by atoms with Crippen LogP contribution in [0, 0.1) is 10.8 Å². The van der Waals surface area contributed by atoms with Gasteiger partial charge in [-0.05, 0) is 0 Å². The Kier molecular flexibility index (Phi) is 58.2. The molecule has 1 radical (unpaired) electrons. The maximum atomic E-state index is 8.52. The first kappa shape index (κ1) is 25.5. The topological polar surface area (TPSA) is 129 Å². The maximum Gasteiger partial charge on any atom is 0.282 e. The van der Waals surface area contributed by atoms with Crippen molar-refractivity contribution in [2.45, 2.75) is 0 Å². The molecule has 0 unspecified atom stereocenters. The molecule has 0 aliphatic heterocycles. The van der Waals surface area contributed by atoms with Crippen LogP contribution in [0.3, 0.4) is 0 Å². The predicted octanol–water partition coefficient (Wildman–Crippen LogP) is -4.59. The third-order valence-electron chi connectivity index (χ3n) is 0. The van der Waals surface area contributed by atoms with Gasteiger partial charge in [-0.25, -0.2) is 0 Å². The molecule has 0 aromatic carbocycles. The van der Waals surface area contributed by atoms with Crippen LogP contribution in [0.4, 0.5) is 0 Å². The standard InChI is InChI=1S/ClHO3.Cu.2H2O/c2-1(3)4;;;/h2H;;2*1H2. The largest absolute Gasteiger partial charge is 0.412 e. The van der Waals surface area contributed by atoms with Crippen LogP contribution in [0.2, 0.25) is 0 Å². The van der Waals surface area contributed by atoms with Gasteiger partial charge in [0.1, 0.15) is 0 Å². The Hall–Kier alpha value is 0.609. The zero-order chi connectivity index (χ0) is 3.58. The molecule has 0 bridgehead atoms. The zero-order valence-corrected chi connectivity index (χ0v) is 4.64. The van der Waals surface area contributed by atoms with E-state index in [9.17, 15) is 0 Å². The SMILES string of the molecule is O.O.[Cu].[O-][Cl+2]([O-])O. The van der Waals surface area contributed by atoms with E-state index >= 15 is 0 Å². The van der Waals surface area contributed by atoms with Crippen molar-refractivity contribution in [1.29, 1.82) is 0 Å². The first-order valence-electron chi connectivity index (χ1n) is 0.478. The summed E-state index contributed by atoms with van der Waals surface area (Å²) in [6.07, 6.45) is 0. The molecule has 0 fully saturated rings. The third kappa shape index (κ3) is 378. The Balaban J connectivity index is -0.0000000150. The Morgan fingerprint density at radius 2 is 1.14 bits per heavy atom. The molecule has 0 spiro atoms. The molecule has 0 aromatic heterocycles. The van der Waals surface area contributed by atoms with Gasteiger partial charge in [0.05, 0.1) is 0 Å². The summed E-state index contributed by atoms with van der Waals surface area (Å²) < 4.78 is 24.0. The first-order valence-corrected chi connectivity index (χ1v) is 1.43. The van der Waals surface area contributed by atoms with Crippen molar-refractivity contribution in [3.63, 3.8) is 0 Å². The second kappa shape index (κ2) is 16.0. The molecule has 53 valence electrons. The van der Waals surface area contributed by atoms with Gasteiger partial charge in [0.25, 0.3) is 10.8 Å². The minimum atomic E-state index is -2.60. The number of hydrogen-bond donors (Lipinski definition) is 1. The minimum Gasteiger partial charge on any atom is -0.412 e. The van der Waals surface area contributed by atoms with Crippen molar-refractivity contribution in [2.24, 2.45) is 0 Å². The van der Waals surface area contributed by atoms with Gasteiger partial charge >= 0.3 is 0 Å². The average Bonchev–Trinajstić information content (AvgIpc) is 0.811. The van der Waals surface area contributed by atoms with E-state index in [0.29, 0.717) is 0 Å². The molecule has 0 saturated carbocycles. The van der Waals surface area contributed by atoms with Crippen molar-refractivity contribution >= 4 is 0 Å². The van der Waals surface area contributed by atoms with E-state index in [1.807, 2.05) is 0 Å². The van der Waals surface area contributed by atoms with E-state index in [2.05, 4.69) is 0 Å². The summed E-state index contributed by atoms with van der Waals surface area (Å²) in [7, 11) is -2.60. The second-order valence-electron chi connectivity index (χ2n) is 0.201. The molecule has 7 heteroatoms. The van der Waals surface area contributed by atoms with Gasteiger partial charge in [-0.2, -0.15) is 0 Å². The normalized spacial score (nSPS) is 5.14. The van der Waals surface area contributed by atoms with E-state index in [1.54, 1.807) is 0 Å². The van der Waals surface area contributed by atoms with Gasteiger partial charge in [0, 0.05) is 21.7 Å². The predicted molar refractivity (Wildman–Crippen MR) is 9.45 cm³/mol. The Morgan fingerprint density at radius 3 is 1.14 bits per heavy atom. The average molecular weight is 184 g/mol. The van der Waals surface area contributed by atoms with Crippen molar-refractivity contribution in [1.82, 2.24) is 0 Å². The van der Waals surface area contributed by atoms with E-state index < -0.39 is 10.8 Å². The van der Waals surface area contributed by atoms with Gasteiger partial charge in [-0.15, -0.1) is 0 Å². The molecule has 0 saturated heterocycles. The van der Waals surface area contributed by atoms with E-state index in [1.165, 1.54) is 0 Å². The molecule has 0 heterocycles. The summed E-state index contributed by atoms with van der Waals surface area (Å²) >= 11 is 0. The molecule has 0 aliphatic rings. The molecule has 0 atom stereocenters. The number of hydrogen-bond acceptors (Lipinski definition) is 3. The molecule has 5 N–H and O–H groups in total. The van der Waals surface area contributed by atoms with Gasteiger partial charge < -0.3 is 20.3 Å². The summed E-state index contributed by atoms with van der Waals surface area (Å²) in [5.41, 5.74) is 0. The number of rotatable bonds is 0. The zero-order valence-electron chi connectivity index (χ0n) is 2.94. The molecule has 7 heavy (non-hydrogen) atoms. The summed E-state index contributed by atoms with van der Waals surface area (Å²) in [5.74, 6) is 0. The molecule has 5 nitrogen and oxygen atoms in total. The monoisotopic (exact) mass is 183 g/mol.